The Kier molecular flexibility index (Phi) is 4.20. The molecule has 1 aromatic rings. The molecule has 3 heteroatoms. The SMILES string of the molecule is C#CCC(C)C(=O)Nc1ccccc1Cl. The minimum atomic E-state index is -0.203. The molecule has 1 atom stereocenters. The summed E-state index contributed by atoms with van der Waals surface area (Å²) in [5.41, 5.74) is 0.619. The van der Waals surface area contributed by atoms with Crippen molar-refractivity contribution < 1.29 is 4.79 Å². The highest BCUT2D eigenvalue weighted by Gasteiger charge is 2.12. The van der Waals surface area contributed by atoms with Crippen molar-refractivity contribution in [3.63, 3.8) is 0 Å². The molecule has 0 aliphatic rings. The standard InChI is InChI=1S/C12H12ClNO/c1-3-6-9(2)12(15)14-11-8-5-4-7-10(11)13/h1,4-5,7-9H,6H2,2H3,(H,14,15). The molecule has 0 aromatic heterocycles. The van der Waals surface area contributed by atoms with Crippen LogP contribution in [-0.2, 0) is 4.79 Å². The Labute approximate surface area is 94.6 Å². The number of rotatable bonds is 3. The van der Waals surface area contributed by atoms with Crippen LogP contribution in [0.5, 0.6) is 0 Å². The maximum absolute atomic E-state index is 11.6. The fourth-order valence-electron chi connectivity index (χ4n) is 1.09. The molecule has 0 spiro atoms. The summed E-state index contributed by atoms with van der Waals surface area (Å²) in [6, 6.07) is 7.10. The van der Waals surface area contributed by atoms with Crippen LogP contribution in [-0.4, -0.2) is 5.91 Å². The molecule has 0 aliphatic heterocycles. The van der Waals surface area contributed by atoms with E-state index in [1.165, 1.54) is 0 Å². The summed E-state index contributed by atoms with van der Waals surface area (Å²) in [4.78, 5) is 11.6. The van der Waals surface area contributed by atoms with E-state index in [0.717, 1.165) is 0 Å². The van der Waals surface area contributed by atoms with Gasteiger partial charge in [-0.05, 0) is 12.1 Å². The maximum atomic E-state index is 11.6. The monoisotopic (exact) mass is 221 g/mol. The van der Waals surface area contributed by atoms with E-state index in [1.807, 2.05) is 12.1 Å². The highest BCUT2D eigenvalue weighted by atomic mass is 35.5. The number of amides is 1. The molecule has 1 unspecified atom stereocenters. The van der Waals surface area contributed by atoms with Gasteiger partial charge in [0.15, 0.2) is 0 Å². The summed E-state index contributed by atoms with van der Waals surface area (Å²) >= 11 is 5.90. The van der Waals surface area contributed by atoms with Crippen molar-refractivity contribution in [2.75, 3.05) is 5.32 Å². The normalized spacial score (nSPS) is 11.5. The molecule has 2 nitrogen and oxygen atoms in total. The van der Waals surface area contributed by atoms with Gasteiger partial charge in [0.1, 0.15) is 0 Å². The Hall–Kier alpha value is -1.46. The van der Waals surface area contributed by atoms with Crippen LogP contribution < -0.4 is 5.32 Å². The third kappa shape index (κ3) is 3.30. The van der Waals surface area contributed by atoms with E-state index in [1.54, 1.807) is 19.1 Å². The van der Waals surface area contributed by atoms with E-state index < -0.39 is 0 Å². The molecule has 1 rings (SSSR count). The molecule has 0 saturated carbocycles. The van der Waals surface area contributed by atoms with Gasteiger partial charge in [-0.25, -0.2) is 0 Å². The number of carbonyl (C=O) groups is 1. The number of nitrogens with one attached hydrogen (secondary N) is 1. The first kappa shape index (κ1) is 11.6. The van der Waals surface area contributed by atoms with E-state index in [4.69, 9.17) is 18.0 Å². The Bertz CT molecular complexity index is 395. The van der Waals surface area contributed by atoms with Crippen LogP contribution in [0.25, 0.3) is 0 Å². The minimum absolute atomic E-state index is 0.110. The second-order valence-corrected chi connectivity index (χ2v) is 3.69. The lowest BCUT2D eigenvalue weighted by Crippen LogP contribution is -2.20. The van der Waals surface area contributed by atoms with Crippen LogP contribution >= 0.6 is 11.6 Å². The number of anilines is 1. The van der Waals surface area contributed by atoms with Gasteiger partial charge in [-0.2, -0.15) is 0 Å². The molecular weight excluding hydrogens is 210 g/mol. The van der Waals surface area contributed by atoms with Crippen molar-refractivity contribution in [3.8, 4) is 12.3 Å². The lowest BCUT2D eigenvalue weighted by Gasteiger charge is -2.10. The van der Waals surface area contributed by atoms with Crippen LogP contribution in [0.1, 0.15) is 13.3 Å². The second kappa shape index (κ2) is 5.43. The Balaban J connectivity index is 2.67. The van der Waals surface area contributed by atoms with Gasteiger partial charge in [0, 0.05) is 12.3 Å². The molecule has 1 aromatic carbocycles. The predicted molar refractivity (Wildman–Crippen MR) is 62.7 cm³/mol. The summed E-state index contributed by atoms with van der Waals surface area (Å²) in [6.07, 6.45) is 5.56. The van der Waals surface area contributed by atoms with E-state index in [9.17, 15) is 4.79 Å². The number of terminal acetylenes is 1. The quantitative estimate of drug-likeness (QED) is 0.782. The van der Waals surface area contributed by atoms with Crippen molar-refractivity contribution in [1.29, 1.82) is 0 Å². The first-order chi connectivity index (χ1) is 7.15. The van der Waals surface area contributed by atoms with Crippen LogP contribution in [0.15, 0.2) is 24.3 Å². The van der Waals surface area contributed by atoms with E-state index in [-0.39, 0.29) is 11.8 Å². The number of halogens is 1. The highest BCUT2D eigenvalue weighted by molar-refractivity contribution is 6.33. The molecule has 1 amide bonds. The second-order valence-electron chi connectivity index (χ2n) is 3.28. The third-order valence-corrected chi connectivity index (χ3v) is 2.33. The van der Waals surface area contributed by atoms with Crippen molar-refractivity contribution in [1.82, 2.24) is 0 Å². The Morgan fingerprint density at radius 1 is 1.60 bits per heavy atom. The molecule has 0 bridgehead atoms. The minimum Gasteiger partial charge on any atom is -0.325 e. The van der Waals surface area contributed by atoms with Gasteiger partial charge < -0.3 is 5.32 Å². The molecule has 15 heavy (non-hydrogen) atoms. The maximum Gasteiger partial charge on any atom is 0.228 e. The molecule has 0 saturated heterocycles. The average molecular weight is 222 g/mol. The van der Waals surface area contributed by atoms with E-state index in [0.29, 0.717) is 17.1 Å². The van der Waals surface area contributed by atoms with E-state index >= 15 is 0 Å². The van der Waals surface area contributed by atoms with Crippen molar-refractivity contribution in [2.24, 2.45) is 5.92 Å². The first-order valence-electron chi connectivity index (χ1n) is 4.64. The highest BCUT2D eigenvalue weighted by Crippen LogP contribution is 2.21. The van der Waals surface area contributed by atoms with Crippen LogP contribution in [0.2, 0.25) is 5.02 Å². The van der Waals surface area contributed by atoms with Gasteiger partial charge in [0.25, 0.3) is 0 Å². The van der Waals surface area contributed by atoms with Gasteiger partial charge in [-0.3, -0.25) is 4.79 Å². The van der Waals surface area contributed by atoms with E-state index in [2.05, 4.69) is 11.2 Å². The smallest absolute Gasteiger partial charge is 0.228 e. The van der Waals surface area contributed by atoms with Crippen molar-refractivity contribution >= 4 is 23.2 Å². The van der Waals surface area contributed by atoms with Gasteiger partial charge in [0.05, 0.1) is 10.7 Å². The number of para-hydroxylation sites is 1. The van der Waals surface area contributed by atoms with Crippen molar-refractivity contribution in [2.45, 2.75) is 13.3 Å². The summed E-state index contributed by atoms with van der Waals surface area (Å²) in [7, 11) is 0. The topological polar surface area (TPSA) is 29.1 Å². The fourth-order valence-corrected chi connectivity index (χ4v) is 1.27. The largest absolute Gasteiger partial charge is 0.325 e. The molecule has 78 valence electrons. The van der Waals surface area contributed by atoms with Crippen LogP contribution in [0, 0.1) is 18.3 Å². The van der Waals surface area contributed by atoms with Gasteiger partial charge in [-0.1, -0.05) is 30.7 Å². The lowest BCUT2D eigenvalue weighted by molar-refractivity contribution is -0.119. The molecule has 0 heterocycles. The number of hydrogen-bond acceptors (Lipinski definition) is 1. The number of benzene rings is 1. The van der Waals surface area contributed by atoms with Gasteiger partial charge >= 0.3 is 0 Å². The zero-order chi connectivity index (χ0) is 11.3. The summed E-state index contributed by atoms with van der Waals surface area (Å²) < 4.78 is 0. The number of hydrogen-bond donors (Lipinski definition) is 1. The molecule has 0 fully saturated rings. The fraction of sp³-hybridized carbons (Fsp3) is 0.250. The zero-order valence-electron chi connectivity index (χ0n) is 8.46. The van der Waals surface area contributed by atoms with Gasteiger partial charge in [-0.15, -0.1) is 12.3 Å². The average Bonchev–Trinajstić information content (AvgIpc) is 2.21. The molecular formula is C12H12ClNO. The number of carbonyl (C=O) groups excluding carboxylic acids is 1. The van der Waals surface area contributed by atoms with Crippen LogP contribution in [0.3, 0.4) is 0 Å². The Morgan fingerprint density at radius 2 is 2.27 bits per heavy atom. The lowest BCUT2D eigenvalue weighted by atomic mass is 10.1. The third-order valence-electron chi connectivity index (χ3n) is 2.00. The molecule has 1 N–H and O–H groups in total. The summed E-state index contributed by atoms with van der Waals surface area (Å²) in [6.45, 7) is 1.78. The predicted octanol–water partition coefficient (Wildman–Crippen LogP) is 2.94. The zero-order valence-corrected chi connectivity index (χ0v) is 9.21. The summed E-state index contributed by atoms with van der Waals surface area (Å²) in [5.74, 6) is 2.14. The Morgan fingerprint density at radius 3 is 2.87 bits per heavy atom. The molecule has 0 aliphatic carbocycles. The summed E-state index contributed by atoms with van der Waals surface area (Å²) in [5, 5.41) is 3.25. The van der Waals surface area contributed by atoms with Gasteiger partial charge in [0.2, 0.25) is 5.91 Å². The first-order valence-corrected chi connectivity index (χ1v) is 5.01. The van der Waals surface area contributed by atoms with Crippen LogP contribution in [0.4, 0.5) is 5.69 Å². The van der Waals surface area contributed by atoms with Crippen molar-refractivity contribution in [3.05, 3.63) is 29.3 Å². The molecule has 0 radical (unpaired) electrons.